The van der Waals surface area contributed by atoms with Gasteiger partial charge in [-0.2, -0.15) is 0 Å². The highest BCUT2D eigenvalue weighted by molar-refractivity contribution is 5.85. The first-order valence-corrected chi connectivity index (χ1v) is 6.49. The largest absolute Gasteiger partial charge is 0.480 e. The van der Waals surface area contributed by atoms with Gasteiger partial charge < -0.3 is 10.4 Å². The van der Waals surface area contributed by atoms with Crippen molar-refractivity contribution in [2.45, 2.75) is 33.2 Å². The molecule has 0 bridgehead atoms. The second-order valence-corrected chi connectivity index (χ2v) is 5.12. The van der Waals surface area contributed by atoms with E-state index in [9.17, 15) is 14.7 Å². The fourth-order valence-electron chi connectivity index (χ4n) is 1.66. The second kappa shape index (κ2) is 6.92. The maximum absolute atomic E-state index is 11.9. The van der Waals surface area contributed by atoms with Gasteiger partial charge >= 0.3 is 5.97 Å². The molecule has 2 N–H and O–H groups in total. The van der Waals surface area contributed by atoms with E-state index in [1.165, 1.54) is 0 Å². The average Bonchev–Trinajstić information content (AvgIpc) is 2.37. The summed E-state index contributed by atoms with van der Waals surface area (Å²) >= 11 is 0. The fourth-order valence-corrected chi connectivity index (χ4v) is 1.66. The number of nitrogens with one attached hydrogen (secondary N) is 1. The SMILES string of the molecule is CC(C)C(C)C(=O)N[C@@H](Cc1ccccc1)C(=O)O. The summed E-state index contributed by atoms with van der Waals surface area (Å²) in [4.78, 5) is 23.1. The molecule has 0 aliphatic rings. The van der Waals surface area contributed by atoms with Crippen LogP contribution in [0.2, 0.25) is 0 Å². The van der Waals surface area contributed by atoms with Crippen molar-refractivity contribution in [2.24, 2.45) is 11.8 Å². The fraction of sp³-hybridized carbons (Fsp3) is 0.467. The Labute approximate surface area is 113 Å². The Balaban J connectivity index is 2.69. The van der Waals surface area contributed by atoms with Gasteiger partial charge in [0.1, 0.15) is 6.04 Å². The lowest BCUT2D eigenvalue weighted by Crippen LogP contribution is -2.45. The van der Waals surface area contributed by atoms with Gasteiger partial charge in [0, 0.05) is 12.3 Å². The second-order valence-electron chi connectivity index (χ2n) is 5.12. The monoisotopic (exact) mass is 263 g/mol. The zero-order valence-electron chi connectivity index (χ0n) is 11.6. The van der Waals surface area contributed by atoms with Crippen LogP contribution in [0.15, 0.2) is 30.3 Å². The standard InChI is InChI=1S/C15H21NO3/c1-10(2)11(3)14(17)16-13(15(18)19)9-12-7-5-4-6-8-12/h4-8,10-11,13H,9H2,1-3H3,(H,16,17)(H,18,19)/t11?,13-/m0/s1. The number of rotatable bonds is 6. The lowest BCUT2D eigenvalue weighted by atomic mass is 9.96. The Hall–Kier alpha value is -1.84. The maximum atomic E-state index is 11.9. The van der Waals surface area contributed by atoms with Crippen molar-refractivity contribution in [3.8, 4) is 0 Å². The number of hydrogen-bond donors (Lipinski definition) is 2. The van der Waals surface area contributed by atoms with E-state index in [-0.39, 0.29) is 17.7 Å². The summed E-state index contributed by atoms with van der Waals surface area (Å²) in [5.74, 6) is -1.23. The first-order chi connectivity index (χ1) is 8.91. The van der Waals surface area contributed by atoms with Gasteiger partial charge in [0.2, 0.25) is 5.91 Å². The number of carbonyl (C=O) groups is 2. The summed E-state index contributed by atoms with van der Waals surface area (Å²) in [6.45, 7) is 5.69. The summed E-state index contributed by atoms with van der Waals surface area (Å²) in [5.41, 5.74) is 0.896. The molecule has 104 valence electrons. The Morgan fingerprint density at radius 1 is 1.16 bits per heavy atom. The van der Waals surface area contributed by atoms with E-state index < -0.39 is 12.0 Å². The van der Waals surface area contributed by atoms with Gasteiger partial charge in [-0.15, -0.1) is 0 Å². The first-order valence-electron chi connectivity index (χ1n) is 6.49. The number of carbonyl (C=O) groups excluding carboxylic acids is 1. The number of benzene rings is 1. The Kier molecular flexibility index (Phi) is 5.55. The smallest absolute Gasteiger partial charge is 0.326 e. The molecule has 0 saturated carbocycles. The topological polar surface area (TPSA) is 66.4 Å². The van der Waals surface area contributed by atoms with Crippen LogP contribution in [0.1, 0.15) is 26.3 Å². The van der Waals surface area contributed by atoms with Gasteiger partial charge in [-0.3, -0.25) is 4.79 Å². The van der Waals surface area contributed by atoms with Crippen LogP contribution in [0.3, 0.4) is 0 Å². The van der Waals surface area contributed by atoms with E-state index in [1.54, 1.807) is 6.92 Å². The zero-order chi connectivity index (χ0) is 14.4. The van der Waals surface area contributed by atoms with Gasteiger partial charge in [0.15, 0.2) is 0 Å². The molecule has 1 amide bonds. The number of aliphatic carboxylic acids is 1. The number of hydrogen-bond acceptors (Lipinski definition) is 2. The number of amides is 1. The average molecular weight is 263 g/mol. The van der Waals surface area contributed by atoms with Crippen molar-refractivity contribution in [3.05, 3.63) is 35.9 Å². The molecule has 0 heterocycles. The third kappa shape index (κ3) is 4.73. The zero-order valence-corrected chi connectivity index (χ0v) is 11.6. The van der Waals surface area contributed by atoms with E-state index in [4.69, 9.17) is 0 Å². The molecular weight excluding hydrogens is 242 g/mol. The van der Waals surface area contributed by atoms with Crippen LogP contribution < -0.4 is 5.32 Å². The van der Waals surface area contributed by atoms with Crippen LogP contribution in [0.5, 0.6) is 0 Å². The summed E-state index contributed by atoms with van der Waals surface area (Å²) < 4.78 is 0. The van der Waals surface area contributed by atoms with Gasteiger partial charge in [-0.25, -0.2) is 4.79 Å². The van der Waals surface area contributed by atoms with Crippen molar-refractivity contribution in [1.29, 1.82) is 0 Å². The summed E-state index contributed by atoms with van der Waals surface area (Å²) in [7, 11) is 0. The molecule has 4 heteroatoms. The molecule has 0 fully saturated rings. The summed E-state index contributed by atoms with van der Waals surface area (Å²) in [6, 6.07) is 8.41. The molecule has 1 aromatic rings. The number of carboxylic acids is 1. The van der Waals surface area contributed by atoms with Crippen molar-refractivity contribution in [1.82, 2.24) is 5.32 Å². The molecule has 4 nitrogen and oxygen atoms in total. The molecule has 0 spiro atoms. The van der Waals surface area contributed by atoms with E-state index in [0.717, 1.165) is 5.56 Å². The predicted molar refractivity (Wildman–Crippen MR) is 73.7 cm³/mol. The quantitative estimate of drug-likeness (QED) is 0.826. The van der Waals surface area contributed by atoms with E-state index in [1.807, 2.05) is 44.2 Å². The first kappa shape index (κ1) is 15.2. The lowest BCUT2D eigenvalue weighted by molar-refractivity contribution is -0.142. The highest BCUT2D eigenvalue weighted by Gasteiger charge is 2.24. The molecule has 1 rings (SSSR count). The van der Waals surface area contributed by atoms with Crippen LogP contribution in [0, 0.1) is 11.8 Å². The minimum atomic E-state index is -1.01. The molecule has 0 aromatic heterocycles. The third-order valence-electron chi connectivity index (χ3n) is 3.31. The Morgan fingerprint density at radius 2 is 1.74 bits per heavy atom. The molecule has 2 atom stereocenters. The normalized spacial score (nSPS) is 13.9. The van der Waals surface area contributed by atoms with E-state index in [0.29, 0.717) is 6.42 Å². The van der Waals surface area contributed by atoms with Crippen molar-refractivity contribution in [2.75, 3.05) is 0 Å². The highest BCUT2D eigenvalue weighted by Crippen LogP contribution is 2.11. The molecule has 19 heavy (non-hydrogen) atoms. The van der Waals surface area contributed by atoms with Crippen molar-refractivity contribution < 1.29 is 14.7 Å². The maximum Gasteiger partial charge on any atom is 0.326 e. The summed E-state index contributed by atoms with van der Waals surface area (Å²) in [6.07, 6.45) is 0.298. The molecule has 0 aliphatic carbocycles. The van der Waals surface area contributed by atoms with Crippen molar-refractivity contribution in [3.63, 3.8) is 0 Å². The van der Waals surface area contributed by atoms with E-state index >= 15 is 0 Å². The van der Waals surface area contributed by atoms with Crippen LogP contribution in [-0.2, 0) is 16.0 Å². The van der Waals surface area contributed by atoms with Crippen LogP contribution in [-0.4, -0.2) is 23.0 Å². The van der Waals surface area contributed by atoms with Gasteiger partial charge in [0.05, 0.1) is 0 Å². The number of carboxylic acid groups (broad SMARTS) is 1. The van der Waals surface area contributed by atoms with Gasteiger partial charge in [-0.05, 0) is 11.5 Å². The molecule has 0 aliphatic heterocycles. The third-order valence-corrected chi connectivity index (χ3v) is 3.31. The molecular formula is C15H21NO3. The molecule has 0 radical (unpaired) electrons. The predicted octanol–water partition coefficient (Wildman–Crippen LogP) is 2.09. The Bertz CT molecular complexity index is 428. The van der Waals surface area contributed by atoms with Crippen LogP contribution in [0.4, 0.5) is 0 Å². The molecule has 1 aromatic carbocycles. The molecule has 1 unspecified atom stereocenters. The lowest BCUT2D eigenvalue weighted by Gasteiger charge is -2.20. The minimum absolute atomic E-state index is 0.186. The van der Waals surface area contributed by atoms with Gasteiger partial charge in [0.25, 0.3) is 0 Å². The Morgan fingerprint density at radius 3 is 2.21 bits per heavy atom. The van der Waals surface area contributed by atoms with Crippen molar-refractivity contribution >= 4 is 11.9 Å². The van der Waals surface area contributed by atoms with Crippen LogP contribution in [0.25, 0.3) is 0 Å². The van der Waals surface area contributed by atoms with Gasteiger partial charge in [-0.1, -0.05) is 51.1 Å². The highest BCUT2D eigenvalue weighted by atomic mass is 16.4. The minimum Gasteiger partial charge on any atom is -0.480 e. The van der Waals surface area contributed by atoms with Crippen LogP contribution >= 0.6 is 0 Å². The van der Waals surface area contributed by atoms with E-state index in [2.05, 4.69) is 5.32 Å². The molecule has 0 saturated heterocycles. The summed E-state index contributed by atoms with van der Waals surface area (Å²) in [5, 5.41) is 11.8.